The van der Waals surface area contributed by atoms with E-state index in [0.29, 0.717) is 17.1 Å². The van der Waals surface area contributed by atoms with E-state index < -0.39 is 0 Å². The van der Waals surface area contributed by atoms with Crippen molar-refractivity contribution < 1.29 is 14.8 Å². The summed E-state index contributed by atoms with van der Waals surface area (Å²) in [6.45, 7) is 3.67. The Labute approximate surface area is 154 Å². The Balaban J connectivity index is 2.22. The first kappa shape index (κ1) is 16.7. The van der Waals surface area contributed by atoms with E-state index >= 15 is 0 Å². The minimum Gasteiger partial charge on any atom is -0.508 e. The van der Waals surface area contributed by atoms with Crippen molar-refractivity contribution in [3.05, 3.63) is 60.0 Å². The molecule has 0 aliphatic heterocycles. The minimum absolute atomic E-state index is 0.0637. The van der Waals surface area contributed by atoms with Crippen molar-refractivity contribution in [1.82, 2.24) is 9.72 Å². The fraction of sp³-hybridized carbons (Fsp3) is 0.100. The van der Waals surface area contributed by atoms with Gasteiger partial charge in [-0.05, 0) is 37.6 Å². The van der Waals surface area contributed by atoms with Gasteiger partial charge >= 0.3 is 0 Å². The van der Waals surface area contributed by atoms with Gasteiger partial charge in [-0.25, -0.2) is 0 Å². The average molecular weight is 362 g/mol. The van der Waals surface area contributed by atoms with Crippen LogP contribution < -0.4 is 5.73 Å². The number of hydrogen-bond donors (Lipinski definition) is 3. The molecule has 0 fully saturated rings. The molecule has 0 spiro atoms. The first-order chi connectivity index (χ1) is 13.0. The van der Waals surface area contributed by atoms with Crippen LogP contribution in [0, 0.1) is 13.8 Å². The number of fused-ring (bicyclic) bond motifs is 1. The molecule has 0 atom stereocenters. The molecule has 0 saturated heterocycles. The van der Waals surface area contributed by atoms with Gasteiger partial charge in [-0.2, -0.15) is 0 Å². The third kappa shape index (κ3) is 2.52. The standard InChI is InChI=1S/C20H18N4O3/c1-11-17(12(2)27-23-11)19-18(13-7-9-14(25)10-8-13)15-5-3-4-6-16(15)24(19)20(21)22-26/h3-10,25-26H,1-2H3,(H2,21,22). The van der Waals surface area contributed by atoms with Crippen molar-refractivity contribution >= 4 is 16.9 Å². The van der Waals surface area contributed by atoms with E-state index in [-0.39, 0.29) is 11.7 Å². The molecule has 0 saturated carbocycles. The second-order valence-corrected chi connectivity index (χ2v) is 6.28. The molecule has 4 aromatic rings. The lowest BCUT2D eigenvalue weighted by molar-refractivity contribution is 0.316. The number of hydrogen-bond acceptors (Lipinski definition) is 5. The molecule has 0 unspecified atom stereocenters. The molecular weight excluding hydrogens is 344 g/mol. The van der Waals surface area contributed by atoms with Crippen molar-refractivity contribution in [2.75, 3.05) is 0 Å². The summed E-state index contributed by atoms with van der Waals surface area (Å²) in [4.78, 5) is 0. The molecular formula is C20H18N4O3. The van der Waals surface area contributed by atoms with Gasteiger partial charge in [-0.3, -0.25) is 4.57 Å². The van der Waals surface area contributed by atoms with Gasteiger partial charge in [0.05, 0.1) is 22.5 Å². The maximum absolute atomic E-state index is 9.69. The number of para-hydroxylation sites is 1. The predicted molar refractivity (Wildman–Crippen MR) is 103 cm³/mol. The van der Waals surface area contributed by atoms with E-state index in [4.69, 9.17) is 10.3 Å². The van der Waals surface area contributed by atoms with Crippen molar-refractivity contribution in [2.24, 2.45) is 10.9 Å². The lowest BCUT2D eigenvalue weighted by atomic mass is 9.97. The fourth-order valence-electron chi connectivity index (χ4n) is 3.50. The van der Waals surface area contributed by atoms with Crippen LogP contribution in [0.2, 0.25) is 0 Å². The van der Waals surface area contributed by atoms with Gasteiger partial charge < -0.3 is 20.6 Å². The first-order valence-electron chi connectivity index (χ1n) is 8.37. The Morgan fingerprint density at radius 1 is 1.07 bits per heavy atom. The van der Waals surface area contributed by atoms with Gasteiger partial charge in [-0.15, -0.1) is 0 Å². The molecule has 136 valence electrons. The number of benzene rings is 2. The van der Waals surface area contributed by atoms with Crippen molar-refractivity contribution in [1.29, 1.82) is 0 Å². The minimum atomic E-state index is -0.0637. The summed E-state index contributed by atoms with van der Waals surface area (Å²) in [5.41, 5.74) is 10.8. The van der Waals surface area contributed by atoms with Crippen LogP contribution >= 0.6 is 0 Å². The molecule has 0 amide bonds. The molecule has 2 aromatic heterocycles. The number of aromatic hydroxyl groups is 1. The summed E-state index contributed by atoms with van der Waals surface area (Å²) in [5, 5.41) is 27.3. The summed E-state index contributed by atoms with van der Waals surface area (Å²) in [7, 11) is 0. The van der Waals surface area contributed by atoms with E-state index in [1.807, 2.05) is 50.2 Å². The summed E-state index contributed by atoms with van der Waals surface area (Å²) in [5.74, 6) is 0.742. The monoisotopic (exact) mass is 362 g/mol. The normalized spacial score (nSPS) is 12.0. The molecule has 4 rings (SSSR count). The van der Waals surface area contributed by atoms with Crippen molar-refractivity contribution in [3.8, 4) is 28.1 Å². The smallest absolute Gasteiger partial charge is 0.242 e. The highest BCUT2D eigenvalue weighted by molar-refractivity contribution is 6.10. The van der Waals surface area contributed by atoms with Crippen LogP contribution in [-0.2, 0) is 0 Å². The van der Waals surface area contributed by atoms with Crippen LogP contribution in [-0.4, -0.2) is 26.0 Å². The number of phenols is 1. The Morgan fingerprint density at radius 3 is 2.41 bits per heavy atom. The van der Waals surface area contributed by atoms with Gasteiger partial charge in [0.2, 0.25) is 5.96 Å². The summed E-state index contributed by atoms with van der Waals surface area (Å²) in [6, 6.07) is 14.6. The van der Waals surface area contributed by atoms with Crippen LogP contribution in [0.5, 0.6) is 5.75 Å². The predicted octanol–water partition coefficient (Wildman–Crippen LogP) is 3.84. The molecule has 27 heavy (non-hydrogen) atoms. The number of rotatable bonds is 2. The second-order valence-electron chi connectivity index (χ2n) is 6.28. The second kappa shape index (κ2) is 6.21. The summed E-state index contributed by atoms with van der Waals surface area (Å²) < 4.78 is 7.06. The number of aryl methyl sites for hydroxylation is 2. The van der Waals surface area contributed by atoms with Crippen LogP contribution in [0.4, 0.5) is 0 Å². The summed E-state index contributed by atoms with van der Waals surface area (Å²) in [6.07, 6.45) is 0. The maximum atomic E-state index is 9.69. The van der Waals surface area contributed by atoms with Gasteiger partial charge in [0.1, 0.15) is 11.5 Å². The van der Waals surface area contributed by atoms with Gasteiger partial charge in [0, 0.05) is 10.9 Å². The molecule has 2 heterocycles. The SMILES string of the molecule is Cc1noc(C)c1-c1c(-c2ccc(O)cc2)c2ccccc2n1C(N)=NO. The topological polar surface area (TPSA) is 110 Å². The van der Waals surface area contributed by atoms with Crippen LogP contribution in [0.1, 0.15) is 11.5 Å². The third-order valence-corrected chi connectivity index (χ3v) is 4.63. The van der Waals surface area contributed by atoms with Gasteiger partial charge in [-0.1, -0.05) is 40.6 Å². The number of oxime groups is 1. The lowest BCUT2D eigenvalue weighted by Crippen LogP contribution is -2.23. The van der Waals surface area contributed by atoms with E-state index in [2.05, 4.69) is 10.3 Å². The first-order valence-corrected chi connectivity index (χ1v) is 8.37. The molecule has 4 N–H and O–H groups in total. The zero-order chi connectivity index (χ0) is 19.1. The summed E-state index contributed by atoms with van der Waals surface area (Å²) >= 11 is 0. The maximum Gasteiger partial charge on any atom is 0.242 e. The zero-order valence-electron chi connectivity index (χ0n) is 14.8. The lowest BCUT2D eigenvalue weighted by Gasteiger charge is -2.11. The molecule has 0 radical (unpaired) electrons. The largest absolute Gasteiger partial charge is 0.508 e. The van der Waals surface area contributed by atoms with Crippen LogP contribution in [0.25, 0.3) is 33.3 Å². The van der Waals surface area contributed by atoms with E-state index in [9.17, 15) is 10.3 Å². The molecule has 0 bridgehead atoms. The molecule has 7 nitrogen and oxygen atoms in total. The Kier molecular flexibility index (Phi) is 3.84. The number of nitrogens with two attached hydrogens (primary N) is 1. The highest BCUT2D eigenvalue weighted by atomic mass is 16.5. The molecule has 7 heteroatoms. The van der Waals surface area contributed by atoms with Gasteiger partial charge in [0.25, 0.3) is 0 Å². The highest BCUT2D eigenvalue weighted by Crippen LogP contribution is 2.43. The zero-order valence-corrected chi connectivity index (χ0v) is 14.8. The number of nitrogens with zero attached hydrogens (tertiary/aromatic N) is 3. The number of phenolic OH excluding ortho intramolecular Hbond substituents is 1. The average Bonchev–Trinajstić information content (AvgIpc) is 3.18. The van der Waals surface area contributed by atoms with Crippen LogP contribution in [0.3, 0.4) is 0 Å². The molecule has 2 aromatic carbocycles. The third-order valence-electron chi connectivity index (χ3n) is 4.63. The highest BCUT2D eigenvalue weighted by Gasteiger charge is 2.26. The quantitative estimate of drug-likeness (QED) is 0.217. The van der Waals surface area contributed by atoms with Crippen molar-refractivity contribution in [3.63, 3.8) is 0 Å². The van der Waals surface area contributed by atoms with Crippen molar-refractivity contribution in [2.45, 2.75) is 13.8 Å². The Bertz CT molecular complexity index is 1150. The van der Waals surface area contributed by atoms with E-state index in [1.165, 1.54) is 0 Å². The number of aromatic nitrogens is 2. The molecule has 0 aliphatic rings. The molecule has 0 aliphatic carbocycles. The van der Waals surface area contributed by atoms with Gasteiger partial charge in [0.15, 0.2) is 0 Å². The fourth-order valence-corrected chi connectivity index (χ4v) is 3.50. The van der Waals surface area contributed by atoms with E-state index in [0.717, 1.165) is 27.6 Å². The van der Waals surface area contributed by atoms with Crippen LogP contribution in [0.15, 0.2) is 58.2 Å². The van der Waals surface area contributed by atoms with E-state index in [1.54, 1.807) is 16.7 Å². The Morgan fingerprint density at radius 2 is 1.78 bits per heavy atom. The Hall–Kier alpha value is -3.74.